The molecule has 0 aliphatic carbocycles. The molecule has 3 N–H and O–H groups in total. The number of anilines is 1. The predicted molar refractivity (Wildman–Crippen MR) is 124 cm³/mol. The van der Waals surface area contributed by atoms with Crippen LogP contribution in [-0.2, 0) is 6.54 Å². The fourth-order valence-electron chi connectivity index (χ4n) is 3.38. The minimum absolute atomic E-state index is 0.166. The first-order chi connectivity index (χ1) is 14.8. The number of carbonyl (C=O) groups is 1. The van der Waals surface area contributed by atoms with Crippen LogP contribution in [0.3, 0.4) is 0 Å². The Morgan fingerprint density at radius 2 is 1.84 bits per heavy atom. The van der Waals surface area contributed by atoms with Gasteiger partial charge in [0.15, 0.2) is 0 Å². The Bertz CT molecular complexity index is 1120. The highest BCUT2D eigenvalue weighted by Crippen LogP contribution is 2.20. The number of nitrogens with one attached hydrogen (secondary N) is 3. The number of quaternary nitrogens is 1. The van der Waals surface area contributed by atoms with Crippen molar-refractivity contribution < 1.29 is 14.4 Å². The number of rotatable bonds is 7. The van der Waals surface area contributed by atoms with Crippen LogP contribution >= 0.6 is 0 Å². The number of amides is 2. The van der Waals surface area contributed by atoms with E-state index in [9.17, 15) is 9.59 Å². The first kappa shape index (κ1) is 22.4. The van der Waals surface area contributed by atoms with Crippen LogP contribution in [0.5, 0.6) is 5.75 Å². The standard InChI is InChI=1S/C24H30N4O3/c1-16-6-7-18-14-19(23(29)26-22(18)17(16)2)15-28(13-12-27(3)4)24(30)25-20-8-10-21(31-5)11-9-20/h6-11,14H,12-13,15H2,1-5H3,(H,25,30)(H,26,29)/p+1. The number of nitrogens with zero attached hydrogens (tertiary/aromatic N) is 1. The number of aromatic amines is 1. The Labute approximate surface area is 182 Å². The van der Waals surface area contributed by atoms with E-state index in [0.29, 0.717) is 17.8 Å². The van der Waals surface area contributed by atoms with Crippen LogP contribution < -0.4 is 20.5 Å². The molecule has 0 bridgehead atoms. The third-order valence-electron chi connectivity index (χ3n) is 5.50. The summed E-state index contributed by atoms with van der Waals surface area (Å²) < 4.78 is 5.17. The molecule has 0 aliphatic heterocycles. The SMILES string of the molecule is COc1ccc(NC(=O)N(CC[NH+](C)C)Cc2cc3ccc(C)c(C)c3[nH]c2=O)cc1. The van der Waals surface area contributed by atoms with Crippen LogP contribution in [0.25, 0.3) is 10.9 Å². The zero-order chi connectivity index (χ0) is 22.5. The Balaban J connectivity index is 1.86. The average molecular weight is 424 g/mol. The first-order valence-corrected chi connectivity index (χ1v) is 10.4. The van der Waals surface area contributed by atoms with E-state index in [1.165, 1.54) is 4.90 Å². The van der Waals surface area contributed by atoms with E-state index in [4.69, 9.17) is 4.74 Å². The van der Waals surface area contributed by atoms with Gasteiger partial charge < -0.3 is 24.8 Å². The third-order valence-corrected chi connectivity index (χ3v) is 5.50. The van der Waals surface area contributed by atoms with Crippen LogP contribution in [0, 0.1) is 13.8 Å². The number of benzene rings is 2. The van der Waals surface area contributed by atoms with E-state index >= 15 is 0 Å². The maximum Gasteiger partial charge on any atom is 0.322 e. The normalized spacial score (nSPS) is 11.0. The molecule has 0 radical (unpaired) electrons. The number of methoxy groups -OCH3 is 1. The quantitative estimate of drug-likeness (QED) is 0.546. The molecule has 2 amide bonds. The van der Waals surface area contributed by atoms with Gasteiger partial charge in [-0.1, -0.05) is 12.1 Å². The van der Waals surface area contributed by atoms with Gasteiger partial charge in [0.1, 0.15) is 5.75 Å². The molecule has 0 saturated heterocycles. The van der Waals surface area contributed by atoms with Gasteiger partial charge in [-0.05, 0) is 60.7 Å². The predicted octanol–water partition coefficient (Wildman–Crippen LogP) is 2.33. The van der Waals surface area contributed by atoms with Crippen LogP contribution in [0.1, 0.15) is 16.7 Å². The van der Waals surface area contributed by atoms with E-state index in [1.54, 1.807) is 36.3 Å². The number of urea groups is 1. The molecule has 31 heavy (non-hydrogen) atoms. The lowest BCUT2D eigenvalue weighted by Gasteiger charge is -2.24. The van der Waals surface area contributed by atoms with Gasteiger partial charge in [0.05, 0.1) is 46.4 Å². The molecule has 0 spiro atoms. The number of pyridine rings is 1. The summed E-state index contributed by atoms with van der Waals surface area (Å²) >= 11 is 0. The molecule has 0 fully saturated rings. The van der Waals surface area contributed by atoms with Gasteiger partial charge in [0, 0.05) is 11.3 Å². The van der Waals surface area contributed by atoms with Gasteiger partial charge in [-0.3, -0.25) is 4.79 Å². The maximum atomic E-state index is 13.0. The average Bonchev–Trinajstić information content (AvgIpc) is 2.75. The van der Waals surface area contributed by atoms with Gasteiger partial charge in [-0.15, -0.1) is 0 Å². The molecule has 0 saturated carbocycles. The molecule has 2 aromatic carbocycles. The number of hydrogen-bond acceptors (Lipinski definition) is 3. The smallest absolute Gasteiger partial charge is 0.322 e. The number of hydrogen-bond donors (Lipinski definition) is 3. The van der Waals surface area contributed by atoms with Crippen LogP contribution in [0.15, 0.2) is 47.3 Å². The van der Waals surface area contributed by atoms with E-state index in [2.05, 4.69) is 10.3 Å². The monoisotopic (exact) mass is 423 g/mol. The summed E-state index contributed by atoms with van der Waals surface area (Å²) in [5.74, 6) is 0.722. The van der Waals surface area contributed by atoms with Crippen molar-refractivity contribution in [3.05, 3.63) is 69.5 Å². The second-order valence-corrected chi connectivity index (χ2v) is 8.13. The van der Waals surface area contributed by atoms with E-state index < -0.39 is 0 Å². The molecule has 0 aliphatic rings. The molecule has 1 aromatic heterocycles. The van der Waals surface area contributed by atoms with Gasteiger partial charge >= 0.3 is 6.03 Å². The Morgan fingerprint density at radius 3 is 2.48 bits per heavy atom. The summed E-state index contributed by atoms with van der Waals surface area (Å²) in [7, 11) is 5.67. The Morgan fingerprint density at radius 1 is 1.13 bits per heavy atom. The van der Waals surface area contributed by atoms with Gasteiger partial charge in [0.25, 0.3) is 5.56 Å². The summed E-state index contributed by atoms with van der Waals surface area (Å²) in [6.07, 6.45) is 0. The number of likely N-dealkylation sites (N-methyl/N-ethyl adjacent to an activating group) is 1. The number of aromatic nitrogens is 1. The van der Waals surface area contributed by atoms with Crippen molar-refractivity contribution in [1.29, 1.82) is 0 Å². The van der Waals surface area contributed by atoms with Crippen LogP contribution in [-0.4, -0.2) is 50.2 Å². The summed E-state index contributed by atoms with van der Waals surface area (Å²) in [5, 5.41) is 3.88. The molecule has 164 valence electrons. The summed E-state index contributed by atoms with van der Waals surface area (Å²) in [5.41, 5.74) is 4.11. The van der Waals surface area contributed by atoms with Crippen molar-refractivity contribution in [2.75, 3.05) is 39.6 Å². The van der Waals surface area contributed by atoms with Crippen molar-refractivity contribution in [2.45, 2.75) is 20.4 Å². The summed E-state index contributed by atoms with van der Waals surface area (Å²) in [6.45, 7) is 5.54. The molecule has 1 heterocycles. The number of fused-ring (bicyclic) bond motifs is 1. The highest BCUT2D eigenvalue weighted by Gasteiger charge is 2.18. The zero-order valence-corrected chi connectivity index (χ0v) is 18.8. The maximum absolute atomic E-state index is 13.0. The lowest BCUT2D eigenvalue weighted by atomic mass is 10.0. The van der Waals surface area contributed by atoms with Crippen LogP contribution in [0.4, 0.5) is 10.5 Å². The largest absolute Gasteiger partial charge is 0.497 e. The second-order valence-electron chi connectivity index (χ2n) is 8.13. The minimum atomic E-state index is -0.244. The summed E-state index contributed by atoms with van der Waals surface area (Å²) in [6, 6.07) is 12.9. The molecule has 3 aromatic rings. The minimum Gasteiger partial charge on any atom is -0.497 e. The molecule has 7 heteroatoms. The molecule has 0 atom stereocenters. The first-order valence-electron chi connectivity index (χ1n) is 10.4. The fraction of sp³-hybridized carbons (Fsp3) is 0.333. The fourth-order valence-corrected chi connectivity index (χ4v) is 3.38. The Kier molecular flexibility index (Phi) is 6.97. The van der Waals surface area contributed by atoms with E-state index in [0.717, 1.165) is 34.3 Å². The highest BCUT2D eigenvalue weighted by atomic mass is 16.5. The number of H-pyrrole nitrogens is 1. The number of carbonyl (C=O) groups excluding carboxylic acids is 1. The van der Waals surface area contributed by atoms with Crippen molar-refractivity contribution in [3.8, 4) is 5.75 Å². The second kappa shape index (κ2) is 9.66. The third kappa shape index (κ3) is 5.44. The Hall–Kier alpha value is -3.32. The topological polar surface area (TPSA) is 78.9 Å². The number of aryl methyl sites for hydroxylation is 2. The van der Waals surface area contributed by atoms with E-state index in [1.807, 2.05) is 46.1 Å². The van der Waals surface area contributed by atoms with Crippen molar-refractivity contribution in [3.63, 3.8) is 0 Å². The zero-order valence-electron chi connectivity index (χ0n) is 18.8. The van der Waals surface area contributed by atoms with Gasteiger partial charge in [-0.2, -0.15) is 0 Å². The van der Waals surface area contributed by atoms with Crippen LogP contribution in [0.2, 0.25) is 0 Å². The lowest BCUT2D eigenvalue weighted by Crippen LogP contribution is -3.06. The van der Waals surface area contributed by atoms with Gasteiger partial charge in [-0.25, -0.2) is 4.79 Å². The molecular weight excluding hydrogens is 392 g/mol. The molecular formula is C24H31N4O3+. The van der Waals surface area contributed by atoms with E-state index in [-0.39, 0.29) is 18.1 Å². The van der Waals surface area contributed by atoms with Crippen molar-refractivity contribution in [1.82, 2.24) is 9.88 Å². The number of ether oxygens (including phenoxy) is 1. The van der Waals surface area contributed by atoms with Crippen molar-refractivity contribution >= 4 is 22.6 Å². The summed E-state index contributed by atoms with van der Waals surface area (Å²) in [4.78, 5) is 31.7. The van der Waals surface area contributed by atoms with Gasteiger partial charge in [0.2, 0.25) is 0 Å². The molecule has 3 rings (SSSR count). The van der Waals surface area contributed by atoms with Crippen molar-refractivity contribution in [2.24, 2.45) is 0 Å². The highest BCUT2D eigenvalue weighted by molar-refractivity contribution is 5.89. The lowest BCUT2D eigenvalue weighted by molar-refractivity contribution is -0.857. The molecule has 7 nitrogen and oxygen atoms in total. The molecule has 0 unspecified atom stereocenters.